The molecule has 3 aliphatic carbocycles. The lowest BCUT2D eigenvalue weighted by Crippen LogP contribution is -2.40. The first-order valence-electron chi connectivity index (χ1n) is 11.7. The van der Waals surface area contributed by atoms with Crippen molar-refractivity contribution in [2.24, 2.45) is 11.8 Å². The van der Waals surface area contributed by atoms with Crippen molar-refractivity contribution < 1.29 is 0 Å². The smallest absolute Gasteiger partial charge is 0.0156 e. The monoisotopic (exact) mass is 370 g/mol. The second-order valence-electron chi connectivity index (χ2n) is 9.53. The lowest BCUT2D eigenvalue weighted by Gasteiger charge is -2.49. The van der Waals surface area contributed by atoms with Crippen LogP contribution in [0.4, 0.5) is 0 Å². The first-order valence-corrected chi connectivity index (χ1v) is 12.3. The normalized spacial score (nSPS) is 24.7. The predicted molar refractivity (Wildman–Crippen MR) is 117 cm³/mol. The second-order valence-corrected chi connectivity index (χ2v) is 10.5. The second kappa shape index (κ2) is 8.77. The molecule has 4 rings (SSSR count). The van der Waals surface area contributed by atoms with E-state index in [1.54, 1.807) is 11.1 Å². The molecule has 1 aromatic carbocycles. The molecule has 0 heterocycles. The topological polar surface area (TPSA) is 0 Å². The molecule has 1 unspecified atom stereocenters. The summed E-state index contributed by atoms with van der Waals surface area (Å²) in [6.07, 6.45) is 21.8. The Morgan fingerprint density at radius 1 is 0.615 bits per heavy atom. The van der Waals surface area contributed by atoms with E-state index in [-0.39, 0.29) is 0 Å². The molecule has 1 aromatic rings. The average molecular weight is 371 g/mol. The zero-order valence-electron chi connectivity index (χ0n) is 16.7. The maximum Gasteiger partial charge on any atom is 0.0156 e. The molecule has 0 radical (unpaired) electrons. The van der Waals surface area contributed by atoms with Gasteiger partial charge >= 0.3 is 0 Å². The predicted octanol–water partition coefficient (Wildman–Crippen LogP) is 7.97. The van der Waals surface area contributed by atoms with Crippen LogP contribution < -0.4 is 0 Å². The summed E-state index contributed by atoms with van der Waals surface area (Å²) in [5.41, 5.74) is 3.48. The summed E-state index contributed by atoms with van der Waals surface area (Å²) in [5, 5.41) is 0.342. The van der Waals surface area contributed by atoms with Crippen LogP contribution >= 0.6 is 9.24 Å². The van der Waals surface area contributed by atoms with Gasteiger partial charge in [-0.05, 0) is 67.4 Å². The molecule has 0 aromatic heterocycles. The van der Waals surface area contributed by atoms with E-state index in [4.69, 9.17) is 0 Å². The van der Waals surface area contributed by atoms with E-state index in [0.717, 1.165) is 17.8 Å². The van der Waals surface area contributed by atoms with Crippen LogP contribution in [0, 0.1) is 11.8 Å². The summed E-state index contributed by atoms with van der Waals surface area (Å²) < 4.78 is 0. The van der Waals surface area contributed by atoms with Gasteiger partial charge in [-0.1, -0.05) is 82.1 Å². The first kappa shape index (κ1) is 19.0. The summed E-state index contributed by atoms with van der Waals surface area (Å²) >= 11 is 0. The highest BCUT2D eigenvalue weighted by Gasteiger charge is 2.44. The highest BCUT2D eigenvalue weighted by atomic mass is 31.0. The van der Waals surface area contributed by atoms with E-state index in [2.05, 4.69) is 33.5 Å². The molecule has 0 amide bonds. The number of hydrogen-bond acceptors (Lipinski definition) is 0. The lowest BCUT2D eigenvalue weighted by atomic mass is 9.64. The minimum Gasteiger partial charge on any atom is -0.126 e. The number of benzene rings is 1. The number of rotatable bonds is 4. The number of hydrogen-bond donors (Lipinski definition) is 0. The van der Waals surface area contributed by atoms with Gasteiger partial charge in [-0.3, -0.25) is 0 Å². The third-order valence-corrected chi connectivity index (χ3v) is 9.29. The van der Waals surface area contributed by atoms with Crippen molar-refractivity contribution in [2.45, 2.75) is 107 Å². The maximum atomic E-state index is 3.52. The molecular weight excluding hydrogens is 331 g/mol. The Bertz CT molecular complexity index is 541. The van der Waals surface area contributed by atoms with Crippen LogP contribution in [0.25, 0.3) is 0 Å². The fourth-order valence-corrected chi connectivity index (χ4v) is 7.52. The van der Waals surface area contributed by atoms with E-state index >= 15 is 0 Å². The minimum absolute atomic E-state index is 0.342. The van der Waals surface area contributed by atoms with Gasteiger partial charge in [0.15, 0.2) is 0 Å². The first-order chi connectivity index (χ1) is 12.8. The molecule has 1 atom stereocenters. The summed E-state index contributed by atoms with van der Waals surface area (Å²) in [6.45, 7) is 0. The average Bonchev–Trinajstić information content (AvgIpc) is 2.75. The summed E-state index contributed by atoms with van der Waals surface area (Å²) in [7, 11) is 3.52. The van der Waals surface area contributed by atoms with E-state index < -0.39 is 0 Å². The van der Waals surface area contributed by atoms with Crippen molar-refractivity contribution >= 4 is 9.24 Å². The molecular formula is C25H39P. The highest BCUT2D eigenvalue weighted by Crippen LogP contribution is 2.56. The highest BCUT2D eigenvalue weighted by molar-refractivity contribution is 7.18. The van der Waals surface area contributed by atoms with Gasteiger partial charge in [-0.2, -0.15) is 0 Å². The van der Waals surface area contributed by atoms with Gasteiger partial charge in [0.2, 0.25) is 0 Å². The van der Waals surface area contributed by atoms with Crippen LogP contribution in [0.15, 0.2) is 24.3 Å². The van der Waals surface area contributed by atoms with Gasteiger partial charge in [0.05, 0.1) is 0 Å². The molecule has 0 saturated heterocycles. The van der Waals surface area contributed by atoms with Crippen molar-refractivity contribution in [2.75, 3.05) is 0 Å². The molecule has 3 aliphatic rings. The fourth-order valence-electron chi connectivity index (χ4n) is 6.59. The largest absolute Gasteiger partial charge is 0.126 e. The van der Waals surface area contributed by atoms with Crippen molar-refractivity contribution in [3.8, 4) is 0 Å². The summed E-state index contributed by atoms with van der Waals surface area (Å²) in [4.78, 5) is 0. The third kappa shape index (κ3) is 3.78. The molecule has 0 bridgehead atoms. The molecule has 0 spiro atoms. The fraction of sp³-hybridized carbons (Fsp3) is 0.760. The quantitative estimate of drug-likeness (QED) is 0.471. The molecule has 0 nitrogen and oxygen atoms in total. The van der Waals surface area contributed by atoms with E-state index in [9.17, 15) is 0 Å². The van der Waals surface area contributed by atoms with Crippen LogP contribution in [0.5, 0.6) is 0 Å². The maximum absolute atomic E-state index is 3.52. The van der Waals surface area contributed by atoms with Crippen LogP contribution in [-0.4, -0.2) is 0 Å². The SMILES string of the molecule is PC(c1ccccc1C1CCCCC1)(C1CCCCC1)C1CCCCC1. The molecule has 3 fully saturated rings. The van der Waals surface area contributed by atoms with Crippen molar-refractivity contribution in [1.82, 2.24) is 0 Å². The molecule has 26 heavy (non-hydrogen) atoms. The Morgan fingerprint density at radius 2 is 1.08 bits per heavy atom. The minimum atomic E-state index is 0.342. The molecule has 0 aliphatic heterocycles. The Labute approximate surface area is 164 Å². The van der Waals surface area contributed by atoms with Gasteiger partial charge in [0, 0.05) is 5.16 Å². The zero-order valence-corrected chi connectivity index (χ0v) is 17.9. The van der Waals surface area contributed by atoms with Crippen LogP contribution in [0.3, 0.4) is 0 Å². The van der Waals surface area contributed by atoms with Gasteiger partial charge < -0.3 is 0 Å². The van der Waals surface area contributed by atoms with Gasteiger partial charge in [-0.25, -0.2) is 0 Å². The molecule has 144 valence electrons. The Hall–Kier alpha value is -0.350. The molecule has 1 heteroatoms. The van der Waals surface area contributed by atoms with Crippen molar-refractivity contribution in [3.63, 3.8) is 0 Å². The third-order valence-electron chi connectivity index (χ3n) is 8.03. The van der Waals surface area contributed by atoms with Gasteiger partial charge in [-0.15, -0.1) is 9.24 Å². The Kier molecular flexibility index (Phi) is 6.40. The van der Waals surface area contributed by atoms with E-state index in [0.29, 0.717) is 5.16 Å². The van der Waals surface area contributed by atoms with E-state index in [1.165, 1.54) is 96.3 Å². The van der Waals surface area contributed by atoms with Crippen molar-refractivity contribution in [3.05, 3.63) is 35.4 Å². The zero-order chi connectivity index (χ0) is 17.8. The summed E-state index contributed by atoms with van der Waals surface area (Å²) in [5.74, 6) is 2.59. The Balaban J connectivity index is 1.73. The van der Waals surface area contributed by atoms with Crippen molar-refractivity contribution in [1.29, 1.82) is 0 Å². The van der Waals surface area contributed by atoms with Gasteiger partial charge in [0.1, 0.15) is 0 Å². The summed E-state index contributed by atoms with van der Waals surface area (Å²) in [6, 6.07) is 9.71. The van der Waals surface area contributed by atoms with E-state index in [1.807, 2.05) is 0 Å². The molecule has 3 saturated carbocycles. The van der Waals surface area contributed by atoms with Crippen LogP contribution in [0.2, 0.25) is 0 Å². The van der Waals surface area contributed by atoms with Crippen LogP contribution in [0.1, 0.15) is 113 Å². The Morgan fingerprint density at radius 3 is 1.62 bits per heavy atom. The lowest BCUT2D eigenvalue weighted by molar-refractivity contribution is 0.173. The van der Waals surface area contributed by atoms with Gasteiger partial charge in [0.25, 0.3) is 0 Å². The standard InChI is InChI=1S/C25H39P/c26-25(21-14-6-2-7-15-21,22-16-8-3-9-17-22)24-19-11-10-18-23(24)20-12-4-1-5-13-20/h10-11,18-22H,1-9,12-17,26H2. The van der Waals surface area contributed by atoms with Crippen LogP contribution in [-0.2, 0) is 5.16 Å². The molecule has 0 N–H and O–H groups in total.